The van der Waals surface area contributed by atoms with E-state index in [1.54, 1.807) is 18.6 Å². The largest absolute Gasteiger partial charge is 0.416 e. The molecule has 2 aromatic heterocycles. The van der Waals surface area contributed by atoms with Gasteiger partial charge in [-0.3, -0.25) is 4.98 Å². The SMILES string of the molecule is CCCCc1ccc2[nH]c(-c3ccc(C(F)(F)F)cc3)c(C=NNCc3cccnc3)c2c1. The van der Waals surface area contributed by atoms with Crippen molar-refractivity contribution in [3.05, 3.63) is 89.2 Å². The molecule has 0 amide bonds. The highest BCUT2D eigenvalue weighted by Gasteiger charge is 2.30. The van der Waals surface area contributed by atoms with Crippen molar-refractivity contribution in [2.24, 2.45) is 5.10 Å². The fourth-order valence-corrected chi connectivity index (χ4v) is 3.73. The number of nitrogens with zero attached hydrogens (tertiary/aromatic N) is 2. The molecule has 4 aromatic rings. The highest BCUT2D eigenvalue weighted by molar-refractivity contribution is 6.06. The molecule has 0 saturated carbocycles. The maximum Gasteiger partial charge on any atom is 0.416 e. The summed E-state index contributed by atoms with van der Waals surface area (Å²) in [5, 5.41) is 5.38. The number of fused-ring (bicyclic) bond motifs is 1. The number of unbranched alkanes of at least 4 members (excludes halogenated alkanes) is 1. The molecule has 0 fully saturated rings. The van der Waals surface area contributed by atoms with Gasteiger partial charge in [-0.25, -0.2) is 0 Å². The number of aryl methyl sites for hydroxylation is 1. The maximum absolute atomic E-state index is 13.0. The van der Waals surface area contributed by atoms with Crippen LogP contribution in [0.3, 0.4) is 0 Å². The predicted molar refractivity (Wildman–Crippen MR) is 126 cm³/mol. The maximum atomic E-state index is 13.0. The summed E-state index contributed by atoms with van der Waals surface area (Å²) in [5.74, 6) is 0. The number of hydrogen-bond donors (Lipinski definition) is 2. The van der Waals surface area contributed by atoms with E-state index < -0.39 is 11.7 Å². The third kappa shape index (κ3) is 5.42. The second kappa shape index (κ2) is 9.90. The molecule has 0 atom stereocenters. The summed E-state index contributed by atoms with van der Waals surface area (Å²) < 4.78 is 39.1. The first-order chi connectivity index (χ1) is 16.0. The van der Waals surface area contributed by atoms with Crippen LogP contribution in [0.5, 0.6) is 0 Å². The summed E-state index contributed by atoms with van der Waals surface area (Å²) in [6, 6.07) is 15.3. The van der Waals surface area contributed by atoms with Gasteiger partial charge >= 0.3 is 6.18 Å². The Morgan fingerprint density at radius 1 is 1.06 bits per heavy atom. The Bertz CT molecular complexity index is 1230. The fourth-order valence-electron chi connectivity index (χ4n) is 3.73. The van der Waals surface area contributed by atoms with Crippen molar-refractivity contribution in [2.75, 3.05) is 0 Å². The predicted octanol–water partition coefficient (Wildman–Crippen LogP) is 6.72. The van der Waals surface area contributed by atoms with E-state index in [9.17, 15) is 13.2 Å². The fraction of sp³-hybridized carbons (Fsp3) is 0.231. The van der Waals surface area contributed by atoms with E-state index in [1.807, 2.05) is 18.2 Å². The number of rotatable bonds is 8. The number of halogens is 3. The van der Waals surface area contributed by atoms with Gasteiger partial charge in [0.05, 0.1) is 24.0 Å². The minimum absolute atomic E-state index is 0.518. The third-order valence-corrected chi connectivity index (χ3v) is 5.51. The van der Waals surface area contributed by atoms with E-state index >= 15 is 0 Å². The zero-order valence-electron chi connectivity index (χ0n) is 18.3. The first-order valence-electron chi connectivity index (χ1n) is 10.9. The van der Waals surface area contributed by atoms with Crippen LogP contribution >= 0.6 is 0 Å². The van der Waals surface area contributed by atoms with Gasteiger partial charge in [-0.2, -0.15) is 18.3 Å². The molecule has 0 spiro atoms. The molecule has 0 unspecified atom stereocenters. The lowest BCUT2D eigenvalue weighted by Crippen LogP contribution is -2.06. The first-order valence-corrected chi connectivity index (χ1v) is 10.9. The Morgan fingerprint density at radius 3 is 2.58 bits per heavy atom. The summed E-state index contributed by atoms with van der Waals surface area (Å²) >= 11 is 0. The Hall–Kier alpha value is -3.61. The molecular weight excluding hydrogens is 425 g/mol. The second-order valence-corrected chi connectivity index (χ2v) is 7.93. The van der Waals surface area contributed by atoms with Crippen molar-refractivity contribution >= 4 is 17.1 Å². The van der Waals surface area contributed by atoms with Crippen LogP contribution in [-0.2, 0) is 19.1 Å². The molecule has 2 aromatic carbocycles. The minimum Gasteiger partial charge on any atom is -0.354 e. The van der Waals surface area contributed by atoms with Crippen LogP contribution in [0.1, 0.15) is 42.0 Å². The van der Waals surface area contributed by atoms with E-state index in [0.717, 1.165) is 59.1 Å². The normalized spacial score (nSPS) is 12.0. The lowest BCUT2D eigenvalue weighted by Gasteiger charge is -2.07. The molecule has 0 aliphatic rings. The summed E-state index contributed by atoms with van der Waals surface area (Å²) in [6.07, 6.45) is 4.02. The molecule has 0 aliphatic carbocycles. The number of nitrogens with one attached hydrogen (secondary N) is 2. The van der Waals surface area contributed by atoms with Crippen molar-refractivity contribution < 1.29 is 13.2 Å². The van der Waals surface area contributed by atoms with Crippen LogP contribution < -0.4 is 5.43 Å². The topological polar surface area (TPSA) is 53.1 Å². The monoisotopic (exact) mass is 450 g/mol. The Labute approximate surface area is 190 Å². The zero-order valence-corrected chi connectivity index (χ0v) is 18.3. The number of aromatic amines is 1. The number of hydrazone groups is 1. The molecule has 0 radical (unpaired) electrons. The standard InChI is InChI=1S/C26H25F3N4/c1-2-3-5-18-7-12-24-22(14-18)23(17-32-31-16-19-6-4-13-30-15-19)25(33-24)20-8-10-21(11-9-20)26(27,28)29/h4,6-15,17,31,33H,2-3,5,16H2,1H3. The molecule has 2 heterocycles. The van der Waals surface area contributed by atoms with E-state index in [4.69, 9.17) is 0 Å². The molecule has 0 bridgehead atoms. The molecule has 2 N–H and O–H groups in total. The number of H-pyrrole nitrogens is 1. The van der Waals surface area contributed by atoms with E-state index in [2.05, 4.69) is 39.6 Å². The molecule has 0 saturated heterocycles. The zero-order chi connectivity index (χ0) is 23.3. The van der Waals surface area contributed by atoms with Gasteiger partial charge < -0.3 is 10.4 Å². The number of aromatic nitrogens is 2. The van der Waals surface area contributed by atoms with Crippen molar-refractivity contribution in [3.63, 3.8) is 0 Å². The van der Waals surface area contributed by atoms with Gasteiger partial charge in [0.2, 0.25) is 0 Å². The highest BCUT2D eigenvalue weighted by atomic mass is 19.4. The van der Waals surface area contributed by atoms with Gasteiger partial charge in [0.1, 0.15) is 0 Å². The van der Waals surface area contributed by atoms with Gasteiger partial charge in [0, 0.05) is 28.9 Å². The van der Waals surface area contributed by atoms with Crippen molar-refractivity contribution in [3.8, 4) is 11.3 Å². The molecule has 0 aliphatic heterocycles. The average molecular weight is 451 g/mol. The summed E-state index contributed by atoms with van der Waals surface area (Å²) in [7, 11) is 0. The summed E-state index contributed by atoms with van der Waals surface area (Å²) in [6.45, 7) is 2.67. The summed E-state index contributed by atoms with van der Waals surface area (Å²) in [4.78, 5) is 7.46. The van der Waals surface area contributed by atoms with Crippen LogP contribution in [-0.4, -0.2) is 16.2 Å². The molecule has 33 heavy (non-hydrogen) atoms. The number of pyridine rings is 1. The van der Waals surface area contributed by atoms with Crippen LogP contribution in [0.15, 0.2) is 72.1 Å². The van der Waals surface area contributed by atoms with Crippen LogP contribution in [0, 0.1) is 0 Å². The second-order valence-electron chi connectivity index (χ2n) is 7.93. The molecule has 7 heteroatoms. The number of benzene rings is 2. The van der Waals surface area contributed by atoms with Crippen molar-refractivity contribution in [2.45, 2.75) is 38.9 Å². The third-order valence-electron chi connectivity index (χ3n) is 5.51. The van der Waals surface area contributed by atoms with E-state index in [1.165, 1.54) is 17.7 Å². The average Bonchev–Trinajstić information content (AvgIpc) is 3.18. The van der Waals surface area contributed by atoms with Gasteiger partial charge in [-0.15, -0.1) is 0 Å². The lowest BCUT2D eigenvalue weighted by atomic mass is 10.0. The van der Waals surface area contributed by atoms with Crippen molar-refractivity contribution in [1.82, 2.24) is 15.4 Å². The van der Waals surface area contributed by atoms with E-state index in [-0.39, 0.29) is 0 Å². The molecule has 4 rings (SSSR count). The van der Waals surface area contributed by atoms with Gasteiger partial charge in [0.25, 0.3) is 0 Å². The van der Waals surface area contributed by atoms with Crippen LogP contribution in [0.25, 0.3) is 22.2 Å². The van der Waals surface area contributed by atoms with E-state index in [0.29, 0.717) is 12.1 Å². The van der Waals surface area contributed by atoms with Crippen LogP contribution in [0.2, 0.25) is 0 Å². The Balaban J connectivity index is 1.69. The highest BCUT2D eigenvalue weighted by Crippen LogP contribution is 2.34. The Kier molecular flexibility index (Phi) is 6.77. The number of alkyl halides is 3. The number of hydrogen-bond acceptors (Lipinski definition) is 3. The molecule has 4 nitrogen and oxygen atoms in total. The van der Waals surface area contributed by atoms with Gasteiger partial charge in [0.15, 0.2) is 0 Å². The van der Waals surface area contributed by atoms with Crippen molar-refractivity contribution in [1.29, 1.82) is 0 Å². The smallest absolute Gasteiger partial charge is 0.354 e. The Morgan fingerprint density at radius 2 is 1.88 bits per heavy atom. The lowest BCUT2D eigenvalue weighted by molar-refractivity contribution is -0.137. The quantitative estimate of drug-likeness (QED) is 0.231. The molecule has 170 valence electrons. The summed E-state index contributed by atoms with van der Waals surface area (Å²) in [5.41, 5.74) is 7.73. The first kappa shape index (κ1) is 22.6. The minimum atomic E-state index is -4.37. The molecular formula is C26H25F3N4. The van der Waals surface area contributed by atoms with Gasteiger partial charge in [-0.05, 0) is 59.9 Å². The van der Waals surface area contributed by atoms with Crippen LogP contribution in [0.4, 0.5) is 13.2 Å². The van der Waals surface area contributed by atoms with Gasteiger partial charge in [-0.1, -0.05) is 37.6 Å².